The minimum Gasteiger partial charge on any atom is -0.428 e. The third kappa shape index (κ3) is 1.05. The van der Waals surface area contributed by atoms with Gasteiger partial charge in [-0.2, -0.15) is 0 Å². The summed E-state index contributed by atoms with van der Waals surface area (Å²) in [5.41, 5.74) is 1.92. The quantitative estimate of drug-likeness (QED) is 0.503. The lowest BCUT2D eigenvalue weighted by Crippen LogP contribution is -2.10. The van der Waals surface area contributed by atoms with Crippen molar-refractivity contribution < 1.29 is 9.04 Å². The first-order valence-electron chi connectivity index (χ1n) is 3.55. The van der Waals surface area contributed by atoms with Crippen LogP contribution in [0.1, 0.15) is 18.6 Å². The van der Waals surface area contributed by atoms with Gasteiger partial charge in [0.15, 0.2) is 0 Å². The maximum Gasteiger partial charge on any atom is 0.331 e. The summed E-state index contributed by atoms with van der Waals surface area (Å²) in [4.78, 5) is 0. The fraction of sp³-hybridized carbons (Fsp3) is 0.250. The van der Waals surface area contributed by atoms with Gasteiger partial charge in [-0.05, 0) is 30.1 Å². The highest BCUT2D eigenvalue weighted by Gasteiger charge is 2.20. The fourth-order valence-electron chi connectivity index (χ4n) is 1.25. The molecule has 55 valence electrons. The molecule has 1 aliphatic rings. The lowest BCUT2D eigenvalue weighted by Gasteiger charge is -2.03. The Morgan fingerprint density at radius 1 is 1.55 bits per heavy atom. The van der Waals surface area contributed by atoms with Crippen LogP contribution >= 0.6 is 0 Å². The molecule has 0 saturated heterocycles. The van der Waals surface area contributed by atoms with Crippen molar-refractivity contribution in [3.8, 4) is 0 Å². The predicted octanol–water partition coefficient (Wildman–Crippen LogP) is 1.16. The second kappa shape index (κ2) is 2.34. The summed E-state index contributed by atoms with van der Waals surface area (Å²) in [6, 6.07) is 4.69. The Balaban J connectivity index is 2.52. The van der Waals surface area contributed by atoms with Crippen LogP contribution in [-0.4, -0.2) is 7.48 Å². The van der Waals surface area contributed by atoms with E-state index in [0.29, 0.717) is 0 Å². The first-order chi connectivity index (χ1) is 5.27. The van der Waals surface area contributed by atoms with Crippen LogP contribution < -0.4 is 5.46 Å². The van der Waals surface area contributed by atoms with Gasteiger partial charge in [-0.3, -0.25) is 0 Å². The molecular weight excluding hydrogens is 142 g/mol. The summed E-state index contributed by atoms with van der Waals surface area (Å²) in [7, 11) is 1.67. The van der Waals surface area contributed by atoms with Crippen molar-refractivity contribution in [3.63, 3.8) is 0 Å². The van der Waals surface area contributed by atoms with Crippen LogP contribution in [0.25, 0.3) is 0 Å². The van der Waals surface area contributed by atoms with E-state index in [1.54, 1.807) is 13.5 Å². The SMILES string of the molecule is CC1O[B]c2ccc(F)cc21. The Labute approximate surface area is 65.5 Å². The second-order valence-electron chi connectivity index (χ2n) is 2.67. The molecular formula is C8H7BFO. The fourth-order valence-corrected chi connectivity index (χ4v) is 1.25. The molecule has 1 aromatic rings. The van der Waals surface area contributed by atoms with Crippen LogP contribution in [0.4, 0.5) is 4.39 Å². The maximum atomic E-state index is 12.7. The molecule has 0 N–H and O–H groups in total. The standard InChI is InChI=1S/C8H7BFO/c1-5-7-4-6(10)2-3-8(7)9-11-5/h2-5H,1H3. The van der Waals surface area contributed by atoms with Gasteiger partial charge in [0.1, 0.15) is 5.82 Å². The Bertz CT molecular complexity index is 287. The summed E-state index contributed by atoms with van der Waals surface area (Å²) < 4.78 is 17.9. The van der Waals surface area contributed by atoms with Gasteiger partial charge in [0.05, 0.1) is 6.10 Å². The van der Waals surface area contributed by atoms with Crippen molar-refractivity contribution in [2.24, 2.45) is 0 Å². The van der Waals surface area contributed by atoms with Crippen molar-refractivity contribution in [2.75, 3.05) is 0 Å². The van der Waals surface area contributed by atoms with Gasteiger partial charge >= 0.3 is 7.48 Å². The van der Waals surface area contributed by atoms with Gasteiger partial charge in [0, 0.05) is 0 Å². The van der Waals surface area contributed by atoms with Crippen LogP contribution in [0, 0.1) is 5.82 Å². The molecule has 1 atom stereocenters. The zero-order chi connectivity index (χ0) is 7.84. The minimum atomic E-state index is -0.200. The average molecular weight is 149 g/mol. The Hall–Kier alpha value is -0.825. The molecule has 1 unspecified atom stereocenters. The summed E-state index contributed by atoms with van der Waals surface area (Å²) in [6.07, 6.45) is 0.000648. The third-order valence-electron chi connectivity index (χ3n) is 1.89. The minimum absolute atomic E-state index is 0.000648. The molecule has 0 aliphatic carbocycles. The van der Waals surface area contributed by atoms with Gasteiger partial charge < -0.3 is 4.65 Å². The van der Waals surface area contributed by atoms with Crippen LogP contribution in [0.2, 0.25) is 0 Å². The molecule has 0 amide bonds. The summed E-state index contributed by atoms with van der Waals surface area (Å²) in [6.45, 7) is 1.90. The first kappa shape index (κ1) is 6.86. The molecule has 2 rings (SSSR count). The number of hydrogen-bond donors (Lipinski definition) is 0. The Morgan fingerprint density at radius 2 is 2.36 bits per heavy atom. The number of rotatable bonds is 0. The molecule has 1 heterocycles. The molecule has 0 fully saturated rings. The van der Waals surface area contributed by atoms with Crippen molar-refractivity contribution in [3.05, 3.63) is 29.6 Å². The zero-order valence-electron chi connectivity index (χ0n) is 6.17. The van der Waals surface area contributed by atoms with Gasteiger partial charge in [0.25, 0.3) is 0 Å². The smallest absolute Gasteiger partial charge is 0.331 e. The summed E-state index contributed by atoms with van der Waals surface area (Å²) in [5.74, 6) is -0.200. The largest absolute Gasteiger partial charge is 0.428 e. The molecule has 0 saturated carbocycles. The van der Waals surface area contributed by atoms with E-state index in [1.165, 1.54) is 12.1 Å². The molecule has 11 heavy (non-hydrogen) atoms. The van der Waals surface area contributed by atoms with Gasteiger partial charge in [0.2, 0.25) is 0 Å². The van der Waals surface area contributed by atoms with E-state index in [0.717, 1.165) is 11.0 Å². The Morgan fingerprint density at radius 3 is 3.18 bits per heavy atom. The van der Waals surface area contributed by atoms with E-state index in [2.05, 4.69) is 0 Å². The van der Waals surface area contributed by atoms with Crippen LogP contribution in [-0.2, 0) is 4.65 Å². The van der Waals surface area contributed by atoms with E-state index in [1.807, 2.05) is 6.92 Å². The van der Waals surface area contributed by atoms with E-state index in [-0.39, 0.29) is 11.9 Å². The number of benzene rings is 1. The highest BCUT2D eigenvalue weighted by Crippen LogP contribution is 2.19. The molecule has 0 spiro atoms. The monoisotopic (exact) mass is 149 g/mol. The lowest BCUT2D eigenvalue weighted by atomic mass is 9.87. The van der Waals surface area contributed by atoms with Crippen molar-refractivity contribution in [1.29, 1.82) is 0 Å². The molecule has 1 nitrogen and oxygen atoms in total. The molecule has 0 bridgehead atoms. The maximum absolute atomic E-state index is 12.7. The lowest BCUT2D eigenvalue weighted by molar-refractivity contribution is 0.257. The van der Waals surface area contributed by atoms with Crippen molar-refractivity contribution in [1.82, 2.24) is 0 Å². The number of halogens is 1. The predicted molar refractivity (Wildman–Crippen MR) is 41.3 cm³/mol. The van der Waals surface area contributed by atoms with Gasteiger partial charge in [-0.1, -0.05) is 6.07 Å². The molecule has 1 radical (unpaired) electrons. The highest BCUT2D eigenvalue weighted by atomic mass is 19.1. The third-order valence-corrected chi connectivity index (χ3v) is 1.89. The molecule has 1 aliphatic heterocycles. The molecule has 3 heteroatoms. The first-order valence-corrected chi connectivity index (χ1v) is 3.55. The number of hydrogen-bond acceptors (Lipinski definition) is 1. The number of fused-ring (bicyclic) bond motifs is 1. The summed E-state index contributed by atoms with van der Waals surface area (Å²) in [5, 5.41) is 0. The normalized spacial score (nSPS) is 21.1. The highest BCUT2D eigenvalue weighted by molar-refractivity contribution is 6.49. The van der Waals surface area contributed by atoms with Crippen LogP contribution in [0.5, 0.6) is 0 Å². The van der Waals surface area contributed by atoms with Crippen LogP contribution in [0.3, 0.4) is 0 Å². The van der Waals surface area contributed by atoms with Gasteiger partial charge in [-0.25, -0.2) is 4.39 Å². The zero-order valence-corrected chi connectivity index (χ0v) is 6.17. The Kier molecular flexibility index (Phi) is 1.46. The van der Waals surface area contributed by atoms with E-state index < -0.39 is 0 Å². The summed E-state index contributed by atoms with van der Waals surface area (Å²) >= 11 is 0. The van der Waals surface area contributed by atoms with E-state index in [9.17, 15) is 4.39 Å². The van der Waals surface area contributed by atoms with Gasteiger partial charge in [-0.15, -0.1) is 0 Å². The van der Waals surface area contributed by atoms with Crippen molar-refractivity contribution in [2.45, 2.75) is 13.0 Å². The van der Waals surface area contributed by atoms with E-state index >= 15 is 0 Å². The second-order valence-corrected chi connectivity index (χ2v) is 2.67. The van der Waals surface area contributed by atoms with Crippen LogP contribution in [0.15, 0.2) is 18.2 Å². The molecule has 0 aromatic heterocycles. The van der Waals surface area contributed by atoms with E-state index in [4.69, 9.17) is 4.65 Å². The van der Waals surface area contributed by atoms with Crippen molar-refractivity contribution >= 4 is 12.9 Å². The molecule has 1 aromatic carbocycles. The topological polar surface area (TPSA) is 9.23 Å². The average Bonchev–Trinajstić information content (AvgIpc) is 2.33.